The third-order valence-corrected chi connectivity index (χ3v) is 1.18. The van der Waals surface area contributed by atoms with Crippen molar-refractivity contribution < 1.29 is 9.53 Å². The Kier molecular flexibility index (Phi) is 5.15. The summed E-state index contributed by atoms with van der Waals surface area (Å²) in [6.45, 7) is 2.31. The van der Waals surface area contributed by atoms with Crippen molar-refractivity contribution in [2.24, 2.45) is 0 Å². The smallest absolute Gasteiger partial charge is 0.191 e. The number of carbonyl (C=O) groups is 1. The monoisotopic (exact) mass is 170 g/mol. The van der Waals surface area contributed by atoms with E-state index >= 15 is 0 Å². The Balaban J connectivity index is 3.28. The van der Waals surface area contributed by atoms with E-state index in [1.807, 2.05) is 0 Å². The van der Waals surface area contributed by atoms with Gasteiger partial charge in [0.15, 0.2) is 10.6 Å². The van der Waals surface area contributed by atoms with Crippen LogP contribution in [0.15, 0.2) is 0 Å². The van der Waals surface area contributed by atoms with Crippen LogP contribution in [0.1, 0.15) is 6.92 Å². The summed E-state index contributed by atoms with van der Waals surface area (Å²) in [5.74, 6) is -0.291. The van der Waals surface area contributed by atoms with Gasteiger partial charge in [0, 0.05) is 6.61 Å². The van der Waals surface area contributed by atoms with Crippen LogP contribution < -0.4 is 0 Å². The highest BCUT2D eigenvalue weighted by Crippen LogP contribution is 2.02. The molecule has 0 fully saturated rings. The lowest BCUT2D eigenvalue weighted by atomic mass is 10.5. The van der Waals surface area contributed by atoms with E-state index in [1.165, 1.54) is 0 Å². The lowest BCUT2D eigenvalue weighted by Crippen LogP contribution is -2.15. The molecular formula is C5H8Cl2O2. The van der Waals surface area contributed by atoms with Crippen LogP contribution in [0.25, 0.3) is 0 Å². The van der Waals surface area contributed by atoms with Gasteiger partial charge in [-0.3, -0.25) is 4.79 Å². The van der Waals surface area contributed by atoms with Crippen LogP contribution in [0.5, 0.6) is 0 Å². The zero-order chi connectivity index (χ0) is 7.28. The summed E-state index contributed by atoms with van der Waals surface area (Å²) in [6, 6.07) is 0. The van der Waals surface area contributed by atoms with E-state index in [0.29, 0.717) is 6.61 Å². The first-order valence-corrected chi connectivity index (χ1v) is 3.44. The van der Waals surface area contributed by atoms with Gasteiger partial charge in [-0.2, -0.15) is 0 Å². The molecule has 0 spiro atoms. The Bertz CT molecular complexity index is 93.0. The number of Topliss-reactive ketones (excluding diaryl/α,β-unsaturated/α-hetero) is 1. The lowest BCUT2D eigenvalue weighted by Gasteiger charge is -1.98. The normalized spacial score (nSPS) is 10.2. The van der Waals surface area contributed by atoms with E-state index in [9.17, 15) is 4.79 Å². The van der Waals surface area contributed by atoms with Gasteiger partial charge in [0.2, 0.25) is 0 Å². The van der Waals surface area contributed by atoms with Crippen molar-refractivity contribution in [1.82, 2.24) is 0 Å². The van der Waals surface area contributed by atoms with Crippen LogP contribution >= 0.6 is 23.2 Å². The van der Waals surface area contributed by atoms with Crippen molar-refractivity contribution in [3.05, 3.63) is 0 Å². The Morgan fingerprint density at radius 2 is 2.22 bits per heavy atom. The summed E-state index contributed by atoms with van der Waals surface area (Å²) >= 11 is 10.4. The minimum atomic E-state index is -0.948. The molecule has 0 aromatic carbocycles. The molecule has 0 aromatic rings. The molecule has 0 saturated carbocycles. The summed E-state index contributed by atoms with van der Waals surface area (Å²) in [5.41, 5.74) is 0. The van der Waals surface area contributed by atoms with Crippen LogP contribution in [0, 0.1) is 0 Å². The highest BCUT2D eigenvalue weighted by molar-refractivity contribution is 6.53. The number of hydrogen-bond donors (Lipinski definition) is 0. The van der Waals surface area contributed by atoms with Crippen molar-refractivity contribution in [3.63, 3.8) is 0 Å². The molecule has 0 heterocycles. The first-order chi connectivity index (χ1) is 4.18. The van der Waals surface area contributed by atoms with E-state index in [0.717, 1.165) is 0 Å². The summed E-state index contributed by atoms with van der Waals surface area (Å²) < 4.78 is 4.74. The second-order valence-corrected chi connectivity index (χ2v) is 2.50. The molecule has 0 radical (unpaired) electrons. The van der Waals surface area contributed by atoms with E-state index in [4.69, 9.17) is 27.9 Å². The van der Waals surface area contributed by atoms with Gasteiger partial charge in [0.25, 0.3) is 0 Å². The average Bonchev–Trinajstić information content (AvgIpc) is 1.82. The summed E-state index contributed by atoms with van der Waals surface area (Å²) in [6.07, 6.45) is 0. The fourth-order valence-corrected chi connectivity index (χ4v) is 0.392. The molecule has 2 nitrogen and oxygen atoms in total. The molecule has 0 atom stereocenters. The van der Waals surface area contributed by atoms with Crippen LogP contribution in [0.3, 0.4) is 0 Å². The number of ether oxygens (including phenoxy) is 1. The standard InChI is InChI=1S/C5H8Cl2O2/c1-2-9-3-4(8)5(6)7/h5H,2-3H2,1H3. The summed E-state index contributed by atoms with van der Waals surface area (Å²) in [7, 11) is 0. The fraction of sp³-hybridized carbons (Fsp3) is 0.800. The number of ketones is 1. The third-order valence-electron chi connectivity index (χ3n) is 0.692. The van der Waals surface area contributed by atoms with E-state index in [1.54, 1.807) is 6.92 Å². The van der Waals surface area contributed by atoms with Gasteiger partial charge in [0.1, 0.15) is 6.61 Å². The predicted octanol–water partition coefficient (Wildman–Crippen LogP) is 1.40. The number of carbonyl (C=O) groups excluding carboxylic acids is 1. The fourth-order valence-electron chi connectivity index (χ4n) is 0.266. The van der Waals surface area contributed by atoms with Crippen molar-refractivity contribution in [3.8, 4) is 0 Å². The topological polar surface area (TPSA) is 26.3 Å². The van der Waals surface area contributed by atoms with E-state index in [-0.39, 0.29) is 12.4 Å². The Labute approximate surface area is 64.1 Å². The van der Waals surface area contributed by atoms with Crippen molar-refractivity contribution >= 4 is 29.0 Å². The maximum absolute atomic E-state index is 10.5. The summed E-state index contributed by atoms with van der Waals surface area (Å²) in [5, 5.41) is 0. The van der Waals surface area contributed by atoms with Crippen LogP contribution in [0.2, 0.25) is 0 Å². The van der Waals surface area contributed by atoms with Crippen molar-refractivity contribution in [1.29, 1.82) is 0 Å². The molecule has 0 saturated heterocycles. The highest BCUT2D eigenvalue weighted by atomic mass is 35.5. The van der Waals surface area contributed by atoms with Gasteiger partial charge in [-0.15, -0.1) is 0 Å². The Morgan fingerprint density at radius 1 is 1.67 bits per heavy atom. The van der Waals surface area contributed by atoms with Gasteiger partial charge >= 0.3 is 0 Å². The van der Waals surface area contributed by atoms with Gasteiger partial charge in [-0.05, 0) is 6.92 Å². The number of rotatable bonds is 4. The zero-order valence-corrected chi connectivity index (χ0v) is 6.58. The molecular weight excluding hydrogens is 163 g/mol. The zero-order valence-electron chi connectivity index (χ0n) is 5.06. The van der Waals surface area contributed by atoms with Crippen molar-refractivity contribution in [2.45, 2.75) is 11.8 Å². The van der Waals surface area contributed by atoms with Crippen molar-refractivity contribution in [2.75, 3.05) is 13.2 Å². The molecule has 0 amide bonds. The van der Waals surface area contributed by atoms with Crippen LogP contribution in [-0.2, 0) is 9.53 Å². The molecule has 4 heteroatoms. The molecule has 54 valence electrons. The molecule has 0 N–H and O–H groups in total. The molecule has 0 bridgehead atoms. The van der Waals surface area contributed by atoms with Gasteiger partial charge in [-0.1, -0.05) is 23.2 Å². The maximum Gasteiger partial charge on any atom is 0.191 e. The minimum Gasteiger partial charge on any atom is -0.374 e. The first-order valence-electron chi connectivity index (χ1n) is 2.57. The average molecular weight is 171 g/mol. The third kappa shape index (κ3) is 4.70. The highest BCUT2D eigenvalue weighted by Gasteiger charge is 2.09. The predicted molar refractivity (Wildman–Crippen MR) is 37.0 cm³/mol. The van der Waals surface area contributed by atoms with Crippen LogP contribution in [0.4, 0.5) is 0 Å². The van der Waals surface area contributed by atoms with Crippen LogP contribution in [-0.4, -0.2) is 23.8 Å². The van der Waals surface area contributed by atoms with Gasteiger partial charge in [-0.25, -0.2) is 0 Å². The lowest BCUT2D eigenvalue weighted by molar-refractivity contribution is -0.121. The van der Waals surface area contributed by atoms with Gasteiger partial charge < -0.3 is 4.74 Å². The van der Waals surface area contributed by atoms with E-state index < -0.39 is 4.84 Å². The molecule has 0 unspecified atom stereocenters. The number of halogens is 2. The maximum atomic E-state index is 10.5. The minimum absolute atomic E-state index is 0.00810. The van der Waals surface area contributed by atoms with E-state index in [2.05, 4.69) is 0 Å². The quantitative estimate of drug-likeness (QED) is 0.597. The second kappa shape index (κ2) is 5.03. The van der Waals surface area contributed by atoms with Gasteiger partial charge in [0.05, 0.1) is 0 Å². The first kappa shape index (κ1) is 9.21. The molecule has 0 aliphatic carbocycles. The molecule has 0 aromatic heterocycles. The summed E-state index contributed by atoms with van der Waals surface area (Å²) in [4.78, 5) is 9.57. The Hall–Kier alpha value is 0.210. The number of hydrogen-bond acceptors (Lipinski definition) is 2. The SMILES string of the molecule is CCOCC(=O)C(Cl)Cl. The molecule has 9 heavy (non-hydrogen) atoms. The molecule has 0 aliphatic heterocycles. The molecule has 0 aliphatic rings. The molecule has 0 rings (SSSR count). The largest absolute Gasteiger partial charge is 0.374 e. The number of alkyl halides is 2. The second-order valence-electron chi connectivity index (χ2n) is 1.40. The Morgan fingerprint density at radius 3 is 2.56 bits per heavy atom.